The molecule has 0 aliphatic carbocycles. The van der Waals surface area contributed by atoms with Gasteiger partial charge in [-0.1, -0.05) is 49.4 Å². The van der Waals surface area contributed by atoms with Crippen molar-refractivity contribution < 1.29 is 9.90 Å². The summed E-state index contributed by atoms with van der Waals surface area (Å²) < 4.78 is 0. The summed E-state index contributed by atoms with van der Waals surface area (Å²) in [7, 11) is 0. The van der Waals surface area contributed by atoms with Crippen molar-refractivity contribution in [2.24, 2.45) is 5.73 Å². The molecule has 2 unspecified atom stereocenters. The molecule has 3 N–H and O–H groups in total. The first-order chi connectivity index (χ1) is 8.95. The second-order valence-corrected chi connectivity index (χ2v) is 5.30. The van der Waals surface area contributed by atoms with E-state index in [2.05, 4.69) is 0 Å². The van der Waals surface area contributed by atoms with Gasteiger partial charge < -0.3 is 10.8 Å². The summed E-state index contributed by atoms with van der Waals surface area (Å²) in [5, 5.41) is 11.4. The molecule has 0 heterocycles. The van der Waals surface area contributed by atoms with Crippen LogP contribution in [0.15, 0.2) is 42.5 Å². The zero-order valence-electron chi connectivity index (χ0n) is 11.3. The SMILES string of the molecule is CC(N)C(C)(CC(=O)O)c1cccc2ccccc12. The number of hydrogen-bond donors (Lipinski definition) is 2. The lowest BCUT2D eigenvalue weighted by atomic mass is 9.72. The number of rotatable bonds is 4. The third-order valence-corrected chi connectivity index (χ3v) is 3.93. The molecule has 0 aliphatic rings. The zero-order chi connectivity index (χ0) is 14.0. The van der Waals surface area contributed by atoms with Crippen molar-refractivity contribution in [3.8, 4) is 0 Å². The van der Waals surface area contributed by atoms with E-state index in [4.69, 9.17) is 5.73 Å². The molecule has 3 heteroatoms. The van der Waals surface area contributed by atoms with Gasteiger partial charge in [-0.2, -0.15) is 0 Å². The van der Waals surface area contributed by atoms with Gasteiger partial charge in [0, 0.05) is 11.5 Å². The van der Waals surface area contributed by atoms with Gasteiger partial charge in [-0.3, -0.25) is 4.79 Å². The topological polar surface area (TPSA) is 63.3 Å². The van der Waals surface area contributed by atoms with Crippen LogP contribution in [0.2, 0.25) is 0 Å². The number of aliphatic carboxylic acids is 1. The summed E-state index contributed by atoms with van der Waals surface area (Å²) in [4.78, 5) is 11.2. The normalized spacial score (nSPS) is 15.9. The zero-order valence-corrected chi connectivity index (χ0v) is 11.3. The highest BCUT2D eigenvalue weighted by atomic mass is 16.4. The van der Waals surface area contributed by atoms with E-state index in [1.54, 1.807) is 0 Å². The van der Waals surface area contributed by atoms with Crippen LogP contribution in [0, 0.1) is 0 Å². The van der Waals surface area contributed by atoms with Crippen molar-refractivity contribution in [1.29, 1.82) is 0 Å². The van der Waals surface area contributed by atoms with Crippen molar-refractivity contribution in [2.75, 3.05) is 0 Å². The van der Waals surface area contributed by atoms with Crippen LogP contribution in [0.25, 0.3) is 10.8 Å². The fraction of sp³-hybridized carbons (Fsp3) is 0.312. The average Bonchev–Trinajstić information content (AvgIpc) is 2.37. The molecule has 2 aromatic carbocycles. The van der Waals surface area contributed by atoms with Gasteiger partial charge in [-0.15, -0.1) is 0 Å². The predicted octanol–water partition coefficient (Wildman–Crippen LogP) is 2.92. The molecule has 0 fully saturated rings. The molecule has 0 bridgehead atoms. The Bertz CT molecular complexity index is 601. The Balaban J connectivity index is 2.66. The first-order valence-electron chi connectivity index (χ1n) is 6.41. The van der Waals surface area contributed by atoms with Gasteiger partial charge in [-0.25, -0.2) is 0 Å². The molecule has 0 radical (unpaired) electrons. The van der Waals surface area contributed by atoms with Crippen LogP contribution in [0.5, 0.6) is 0 Å². The number of benzene rings is 2. The Kier molecular flexibility index (Phi) is 3.58. The summed E-state index contributed by atoms with van der Waals surface area (Å²) in [6, 6.07) is 13.7. The molecular formula is C16H19NO2. The van der Waals surface area contributed by atoms with Crippen molar-refractivity contribution in [2.45, 2.75) is 31.7 Å². The third-order valence-electron chi connectivity index (χ3n) is 3.93. The highest BCUT2D eigenvalue weighted by molar-refractivity contribution is 5.87. The van der Waals surface area contributed by atoms with Gasteiger partial charge in [0.05, 0.1) is 6.42 Å². The van der Waals surface area contributed by atoms with E-state index in [0.717, 1.165) is 16.3 Å². The van der Waals surface area contributed by atoms with Gasteiger partial charge in [0.25, 0.3) is 0 Å². The summed E-state index contributed by atoms with van der Waals surface area (Å²) >= 11 is 0. The van der Waals surface area contributed by atoms with Crippen molar-refractivity contribution >= 4 is 16.7 Å². The molecule has 100 valence electrons. The van der Waals surface area contributed by atoms with Crippen LogP contribution in [0.1, 0.15) is 25.8 Å². The Morgan fingerprint density at radius 3 is 2.53 bits per heavy atom. The van der Waals surface area contributed by atoms with Gasteiger partial charge in [-0.05, 0) is 23.3 Å². The minimum Gasteiger partial charge on any atom is -0.481 e. The third kappa shape index (κ3) is 2.47. The Morgan fingerprint density at radius 1 is 1.26 bits per heavy atom. The minimum atomic E-state index is -0.826. The largest absolute Gasteiger partial charge is 0.481 e. The summed E-state index contributed by atoms with van der Waals surface area (Å²) in [5.74, 6) is -0.826. The Morgan fingerprint density at radius 2 is 1.89 bits per heavy atom. The van der Waals surface area contributed by atoms with Crippen LogP contribution >= 0.6 is 0 Å². The lowest BCUT2D eigenvalue weighted by Crippen LogP contribution is -2.42. The van der Waals surface area contributed by atoms with Gasteiger partial charge in [0.2, 0.25) is 0 Å². The van der Waals surface area contributed by atoms with E-state index in [1.165, 1.54) is 0 Å². The smallest absolute Gasteiger partial charge is 0.304 e. The van der Waals surface area contributed by atoms with Gasteiger partial charge >= 0.3 is 5.97 Å². The molecule has 0 saturated heterocycles. The van der Waals surface area contributed by atoms with Crippen molar-refractivity contribution in [1.82, 2.24) is 0 Å². The summed E-state index contributed by atoms with van der Waals surface area (Å²) in [6.07, 6.45) is 0.0265. The monoisotopic (exact) mass is 257 g/mol. The number of nitrogens with two attached hydrogens (primary N) is 1. The van der Waals surface area contributed by atoms with E-state index in [-0.39, 0.29) is 12.5 Å². The Hall–Kier alpha value is -1.87. The highest BCUT2D eigenvalue weighted by Gasteiger charge is 2.34. The van der Waals surface area contributed by atoms with Crippen LogP contribution in [0.3, 0.4) is 0 Å². The summed E-state index contributed by atoms with van der Waals surface area (Å²) in [5.41, 5.74) is 6.51. The molecular weight excluding hydrogens is 238 g/mol. The molecule has 2 aromatic rings. The maximum atomic E-state index is 11.2. The van der Waals surface area contributed by atoms with Crippen LogP contribution < -0.4 is 5.73 Å². The molecule has 0 spiro atoms. The van der Waals surface area contributed by atoms with Crippen LogP contribution in [-0.2, 0) is 10.2 Å². The molecule has 19 heavy (non-hydrogen) atoms. The van der Waals surface area contributed by atoms with Gasteiger partial charge in [0.15, 0.2) is 0 Å². The van der Waals surface area contributed by atoms with Crippen molar-refractivity contribution in [3.63, 3.8) is 0 Å². The molecule has 3 nitrogen and oxygen atoms in total. The second-order valence-electron chi connectivity index (χ2n) is 5.30. The van der Waals surface area contributed by atoms with Gasteiger partial charge in [0.1, 0.15) is 0 Å². The fourth-order valence-electron chi connectivity index (χ4n) is 2.54. The van der Waals surface area contributed by atoms with Crippen LogP contribution in [0.4, 0.5) is 0 Å². The van der Waals surface area contributed by atoms with Crippen molar-refractivity contribution in [3.05, 3.63) is 48.0 Å². The molecule has 2 atom stereocenters. The maximum absolute atomic E-state index is 11.2. The molecule has 0 amide bonds. The van der Waals surface area contributed by atoms with E-state index in [9.17, 15) is 9.90 Å². The molecule has 0 aliphatic heterocycles. The van der Waals surface area contributed by atoms with E-state index >= 15 is 0 Å². The van der Waals surface area contributed by atoms with E-state index < -0.39 is 11.4 Å². The summed E-state index contributed by atoms with van der Waals surface area (Å²) in [6.45, 7) is 3.79. The first-order valence-corrected chi connectivity index (χ1v) is 6.41. The molecule has 0 aromatic heterocycles. The number of carboxylic acid groups (broad SMARTS) is 1. The quantitative estimate of drug-likeness (QED) is 0.885. The Labute approximate surface area is 113 Å². The number of hydrogen-bond acceptors (Lipinski definition) is 2. The van der Waals surface area contributed by atoms with E-state index in [0.29, 0.717) is 0 Å². The maximum Gasteiger partial charge on any atom is 0.304 e. The lowest BCUT2D eigenvalue weighted by Gasteiger charge is -2.33. The predicted molar refractivity (Wildman–Crippen MR) is 77.2 cm³/mol. The number of fused-ring (bicyclic) bond motifs is 1. The molecule has 0 saturated carbocycles. The standard InChI is InChI=1S/C16H19NO2/c1-11(17)16(2,10-15(18)19)14-9-5-7-12-6-3-4-8-13(12)14/h3-9,11H,10,17H2,1-2H3,(H,18,19). The van der Waals surface area contributed by atoms with Crippen LogP contribution in [-0.4, -0.2) is 17.1 Å². The minimum absolute atomic E-state index is 0.0265. The number of carboxylic acids is 1. The lowest BCUT2D eigenvalue weighted by molar-refractivity contribution is -0.138. The fourth-order valence-corrected chi connectivity index (χ4v) is 2.54. The number of carbonyl (C=O) groups is 1. The first kappa shape index (κ1) is 13.6. The molecule has 2 rings (SSSR count). The second kappa shape index (κ2) is 5.02. The van der Waals surface area contributed by atoms with E-state index in [1.807, 2.05) is 56.3 Å². The highest BCUT2D eigenvalue weighted by Crippen LogP contribution is 2.35. The average molecular weight is 257 g/mol.